The zero-order valence-electron chi connectivity index (χ0n) is 23.8. The molecule has 1 aliphatic heterocycles. The van der Waals surface area contributed by atoms with Crippen molar-refractivity contribution in [2.24, 2.45) is 0 Å². The number of amides is 2. The van der Waals surface area contributed by atoms with Crippen LogP contribution in [0.5, 0.6) is 5.75 Å². The molecular weight excluding hydrogens is 580 g/mol. The van der Waals surface area contributed by atoms with E-state index in [1.54, 1.807) is 30.3 Å². The van der Waals surface area contributed by atoms with Gasteiger partial charge in [-0.3, -0.25) is 24.7 Å². The van der Waals surface area contributed by atoms with E-state index in [-0.39, 0.29) is 39.7 Å². The molecule has 0 radical (unpaired) electrons. The molecule has 3 aromatic rings. The van der Waals surface area contributed by atoms with Crippen LogP contribution in [-0.2, 0) is 26.8 Å². The van der Waals surface area contributed by atoms with Gasteiger partial charge in [0, 0.05) is 12.1 Å². The Morgan fingerprint density at radius 2 is 1.69 bits per heavy atom. The lowest BCUT2D eigenvalue weighted by atomic mass is 9.86. The molecule has 0 bridgehead atoms. The third kappa shape index (κ3) is 7.52. The number of hydrazine groups is 2. The molecular formula is C29H33ClN6O5S. The van der Waals surface area contributed by atoms with Crippen molar-refractivity contribution in [1.82, 2.24) is 16.3 Å². The molecule has 0 aromatic heterocycles. The number of rotatable bonds is 9. The number of hydrogen-bond donors (Lipinski definition) is 5. The topological polar surface area (TPSA) is 141 Å². The summed E-state index contributed by atoms with van der Waals surface area (Å²) in [5.41, 5.74) is 8.46. The second-order valence-corrected chi connectivity index (χ2v) is 12.8. The van der Waals surface area contributed by atoms with Crippen LogP contribution in [0.15, 0.2) is 72.6 Å². The van der Waals surface area contributed by atoms with Gasteiger partial charge in [0.05, 0.1) is 41.7 Å². The number of carbonyl (C=O) groups is 2. The minimum atomic E-state index is -3.63. The van der Waals surface area contributed by atoms with Crippen molar-refractivity contribution in [1.29, 1.82) is 0 Å². The Balaban J connectivity index is 1.57. The van der Waals surface area contributed by atoms with Crippen molar-refractivity contribution in [3.05, 3.63) is 94.3 Å². The van der Waals surface area contributed by atoms with Crippen LogP contribution in [0.4, 0.5) is 17.1 Å². The number of nitrogens with zero attached hydrogens (tertiary/aromatic N) is 1. The second-order valence-electron chi connectivity index (χ2n) is 10.7. The van der Waals surface area contributed by atoms with Gasteiger partial charge in [-0.25, -0.2) is 8.42 Å². The first-order chi connectivity index (χ1) is 19.7. The number of benzene rings is 3. The Morgan fingerprint density at radius 1 is 1.00 bits per heavy atom. The fourth-order valence-electron chi connectivity index (χ4n) is 4.12. The zero-order chi connectivity index (χ0) is 30.7. The highest BCUT2D eigenvalue weighted by Crippen LogP contribution is 2.39. The van der Waals surface area contributed by atoms with Crippen LogP contribution in [0.25, 0.3) is 0 Å². The van der Waals surface area contributed by atoms with Crippen LogP contribution >= 0.6 is 11.6 Å². The molecule has 222 valence electrons. The van der Waals surface area contributed by atoms with Crippen LogP contribution in [-0.4, -0.2) is 33.6 Å². The van der Waals surface area contributed by atoms with Gasteiger partial charge in [0.2, 0.25) is 10.0 Å². The summed E-state index contributed by atoms with van der Waals surface area (Å²) in [6.45, 7) is 6.26. The van der Waals surface area contributed by atoms with Gasteiger partial charge in [-0.05, 0) is 46.9 Å². The Morgan fingerprint density at radius 3 is 2.33 bits per heavy atom. The highest BCUT2D eigenvalue weighted by atomic mass is 35.5. The van der Waals surface area contributed by atoms with E-state index in [1.165, 1.54) is 18.3 Å². The Hall–Kier alpha value is -4.26. The molecule has 2 amide bonds. The van der Waals surface area contributed by atoms with Crippen LogP contribution < -0.4 is 36.1 Å². The lowest BCUT2D eigenvalue weighted by Crippen LogP contribution is -2.39. The summed E-state index contributed by atoms with van der Waals surface area (Å²) in [6, 6.07) is 17.6. The maximum atomic E-state index is 13.4. The van der Waals surface area contributed by atoms with E-state index >= 15 is 0 Å². The number of nitrogens with one attached hydrogen (secondary N) is 5. The molecule has 5 N–H and O–H groups in total. The first-order valence-corrected chi connectivity index (χ1v) is 15.2. The molecule has 3 aromatic carbocycles. The number of ether oxygens (including phenoxy) is 1. The van der Waals surface area contributed by atoms with E-state index in [2.05, 4.69) is 26.3 Å². The Bertz CT molecular complexity index is 1640. The van der Waals surface area contributed by atoms with Crippen LogP contribution in [0.2, 0.25) is 5.02 Å². The number of sulfonamides is 1. The van der Waals surface area contributed by atoms with Gasteiger partial charge in [0.1, 0.15) is 5.70 Å². The summed E-state index contributed by atoms with van der Waals surface area (Å²) in [4.78, 5) is 26.1. The van der Waals surface area contributed by atoms with Crippen molar-refractivity contribution in [2.45, 2.75) is 32.7 Å². The van der Waals surface area contributed by atoms with Crippen molar-refractivity contribution >= 4 is 50.5 Å². The molecule has 13 heteroatoms. The van der Waals surface area contributed by atoms with Crippen LogP contribution in [0.1, 0.15) is 42.3 Å². The number of carbonyl (C=O) groups excluding carboxylic acids is 2. The number of hydrogen-bond acceptors (Lipinski definition) is 8. The van der Waals surface area contributed by atoms with E-state index < -0.39 is 15.9 Å². The van der Waals surface area contributed by atoms with E-state index in [4.69, 9.17) is 16.3 Å². The van der Waals surface area contributed by atoms with Gasteiger partial charge < -0.3 is 15.4 Å². The van der Waals surface area contributed by atoms with E-state index in [0.29, 0.717) is 17.3 Å². The summed E-state index contributed by atoms with van der Waals surface area (Å²) in [5.74, 6) is -0.654. The third-order valence-corrected chi connectivity index (χ3v) is 7.19. The van der Waals surface area contributed by atoms with Gasteiger partial charge in [0.15, 0.2) is 5.75 Å². The maximum absolute atomic E-state index is 13.4. The minimum Gasteiger partial charge on any atom is -0.492 e. The van der Waals surface area contributed by atoms with Gasteiger partial charge in [-0.15, -0.1) is 5.53 Å². The highest BCUT2D eigenvalue weighted by Gasteiger charge is 2.24. The molecule has 4 rings (SSSR count). The summed E-state index contributed by atoms with van der Waals surface area (Å²) in [6.07, 6.45) is 2.57. The molecule has 0 unspecified atom stereocenters. The molecule has 0 atom stereocenters. The van der Waals surface area contributed by atoms with E-state index in [1.807, 2.05) is 51.1 Å². The van der Waals surface area contributed by atoms with Crippen molar-refractivity contribution in [3.63, 3.8) is 0 Å². The van der Waals surface area contributed by atoms with Crippen molar-refractivity contribution in [3.8, 4) is 5.75 Å². The first kappa shape index (κ1) is 30.7. The molecule has 11 nitrogen and oxygen atoms in total. The summed E-state index contributed by atoms with van der Waals surface area (Å²) in [7, 11) is -2.24. The maximum Gasteiger partial charge on any atom is 0.270 e. The van der Waals surface area contributed by atoms with Gasteiger partial charge in [-0.2, -0.15) is 0 Å². The molecule has 1 heterocycles. The third-order valence-electron chi connectivity index (χ3n) is 6.28. The SMILES string of the molecule is COc1c(NC(=O)c2ccc(Cl)c(N3C=C(C(=O)NCc4ccccc4)NN3)c2)cc(C(C)(C)C)cc1NS(C)(=O)=O. The smallest absolute Gasteiger partial charge is 0.270 e. The fraction of sp³-hybridized carbons (Fsp3) is 0.241. The molecule has 0 spiro atoms. The summed E-state index contributed by atoms with van der Waals surface area (Å²) >= 11 is 6.45. The minimum absolute atomic E-state index is 0.162. The average molecular weight is 613 g/mol. The number of anilines is 3. The molecule has 0 saturated heterocycles. The van der Waals surface area contributed by atoms with E-state index in [9.17, 15) is 18.0 Å². The molecule has 0 aliphatic carbocycles. The monoisotopic (exact) mass is 612 g/mol. The molecule has 0 saturated carbocycles. The lowest BCUT2D eigenvalue weighted by Gasteiger charge is -2.24. The van der Waals surface area contributed by atoms with Crippen molar-refractivity contribution < 1.29 is 22.7 Å². The van der Waals surface area contributed by atoms with E-state index in [0.717, 1.165) is 17.4 Å². The quantitative estimate of drug-likeness (QED) is 0.241. The van der Waals surface area contributed by atoms with Crippen LogP contribution in [0.3, 0.4) is 0 Å². The largest absolute Gasteiger partial charge is 0.492 e. The standard InChI is InChI=1S/C29H33ClN6O5S/c1-29(2,3)20-14-22(26(41-4)23(15-20)34-42(5,39)40)32-27(37)19-11-12-21(30)25(13-19)36-17-24(33-35-36)28(38)31-16-18-9-7-6-8-10-18/h6-15,17,33-35H,16H2,1-5H3,(H,31,38)(H,32,37). The van der Waals surface area contributed by atoms with Gasteiger partial charge in [0.25, 0.3) is 11.8 Å². The lowest BCUT2D eigenvalue weighted by molar-refractivity contribution is -0.118. The first-order valence-electron chi connectivity index (χ1n) is 12.9. The second kappa shape index (κ2) is 12.3. The molecule has 42 heavy (non-hydrogen) atoms. The number of halogens is 1. The predicted molar refractivity (Wildman–Crippen MR) is 165 cm³/mol. The summed E-state index contributed by atoms with van der Waals surface area (Å²) < 4.78 is 32.0. The number of methoxy groups -OCH3 is 1. The Labute approximate surface area is 250 Å². The average Bonchev–Trinajstić information content (AvgIpc) is 3.41. The Kier molecular flexibility index (Phi) is 9.00. The van der Waals surface area contributed by atoms with Gasteiger partial charge in [-0.1, -0.05) is 62.7 Å². The molecule has 1 aliphatic rings. The van der Waals surface area contributed by atoms with Crippen LogP contribution in [0, 0.1) is 0 Å². The predicted octanol–water partition coefficient (Wildman–Crippen LogP) is 4.26. The normalized spacial score (nSPS) is 13.2. The molecule has 0 fully saturated rings. The fourth-order valence-corrected chi connectivity index (χ4v) is 4.88. The van der Waals surface area contributed by atoms with Gasteiger partial charge >= 0.3 is 0 Å². The highest BCUT2D eigenvalue weighted by molar-refractivity contribution is 7.92. The zero-order valence-corrected chi connectivity index (χ0v) is 25.4. The van der Waals surface area contributed by atoms with Crippen molar-refractivity contribution in [2.75, 3.05) is 28.4 Å². The summed E-state index contributed by atoms with van der Waals surface area (Å²) in [5, 5.41) is 7.50.